The van der Waals surface area contributed by atoms with Crippen LogP contribution in [0.1, 0.15) is 25.7 Å². The van der Waals surface area contributed by atoms with E-state index in [9.17, 15) is 9.59 Å². The monoisotopic (exact) mass is 393 g/mol. The topological polar surface area (TPSA) is 72.2 Å². The number of fused-ring (bicyclic) bond motifs is 1. The van der Waals surface area contributed by atoms with E-state index in [1.165, 1.54) is 23.8 Å². The summed E-state index contributed by atoms with van der Waals surface area (Å²) < 4.78 is 3.05. The number of benzene rings is 1. The van der Waals surface area contributed by atoms with Crippen molar-refractivity contribution < 1.29 is 4.79 Å². The van der Waals surface area contributed by atoms with E-state index >= 15 is 0 Å². The number of hydrogen-bond acceptors (Lipinski definition) is 4. The summed E-state index contributed by atoms with van der Waals surface area (Å²) in [5.74, 6) is -0.151. The summed E-state index contributed by atoms with van der Waals surface area (Å²) in [6.07, 6.45) is 6.46. The third-order valence-electron chi connectivity index (χ3n) is 5.43. The van der Waals surface area contributed by atoms with Gasteiger partial charge in [0.05, 0.1) is 11.2 Å². The molecule has 3 aromatic rings. The molecule has 0 radical (unpaired) electrons. The Morgan fingerprint density at radius 3 is 2.62 bits per heavy atom. The van der Waals surface area contributed by atoms with Gasteiger partial charge in [-0.15, -0.1) is 0 Å². The van der Waals surface area contributed by atoms with E-state index in [1.54, 1.807) is 16.8 Å². The zero-order chi connectivity index (χ0) is 20.1. The number of carbonyl (C=O) groups is 1. The molecule has 1 amide bonds. The maximum atomic E-state index is 13.1. The van der Waals surface area contributed by atoms with Gasteiger partial charge in [0.25, 0.3) is 0 Å². The van der Waals surface area contributed by atoms with E-state index in [1.807, 2.05) is 36.4 Å². The van der Waals surface area contributed by atoms with E-state index in [0.29, 0.717) is 17.7 Å². The van der Waals surface area contributed by atoms with Crippen LogP contribution < -0.4 is 11.0 Å². The molecule has 1 aromatic carbocycles. The summed E-state index contributed by atoms with van der Waals surface area (Å²) in [4.78, 5) is 32.4. The minimum absolute atomic E-state index is 0.00935. The lowest BCUT2D eigenvalue weighted by Crippen LogP contribution is -2.35. The first-order valence-electron chi connectivity index (χ1n) is 10.3. The maximum absolute atomic E-state index is 13.1. The summed E-state index contributed by atoms with van der Waals surface area (Å²) >= 11 is 0. The number of para-hydroxylation sites is 1. The third-order valence-corrected chi connectivity index (χ3v) is 5.43. The number of imidazole rings is 1. The van der Waals surface area contributed by atoms with Gasteiger partial charge in [-0.3, -0.25) is 9.36 Å². The number of amides is 1. The van der Waals surface area contributed by atoms with E-state index in [-0.39, 0.29) is 18.1 Å². The molecule has 1 N–H and O–H groups in total. The molecule has 7 nitrogen and oxygen atoms in total. The summed E-state index contributed by atoms with van der Waals surface area (Å²) in [5.41, 5.74) is 1.70. The fourth-order valence-electron chi connectivity index (χ4n) is 3.96. The lowest BCUT2D eigenvalue weighted by atomic mass is 10.1. The predicted molar refractivity (Wildman–Crippen MR) is 113 cm³/mol. The molecule has 152 valence electrons. The smallest absolute Gasteiger partial charge is 0.335 e. The number of nitrogens with one attached hydrogen (secondary N) is 1. The molecule has 1 saturated heterocycles. The van der Waals surface area contributed by atoms with Crippen molar-refractivity contribution in [3.05, 3.63) is 59.1 Å². The molecule has 29 heavy (non-hydrogen) atoms. The Morgan fingerprint density at radius 1 is 1.03 bits per heavy atom. The Bertz CT molecular complexity index is 1020. The normalized spacial score (nSPS) is 14.9. The van der Waals surface area contributed by atoms with Gasteiger partial charge in [0, 0.05) is 12.7 Å². The van der Waals surface area contributed by atoms with Crippen LogP contribution in [0.2, 0.25) is 0 Å². The van der Waals surface area contributed by atoms with E-state index < -0.39 is 0 Å². The van der Waals surface area contributed by atoms with Crippen LogP contribution in [-0.4, -0.2) is 51.1 Å². The van der Waals surface area contributed by atoms with E-state index in [2.05, 4.69) is 15.2 Å². The second kappa shape index (κ2) is 9.05. The second-order valence-corrected chi connectivity index (χ2v) is 7.49. The van der Waals surface area contributed by atoms with Gasteiger partial charge in [-0.05, 0) is 63.2 Å². The van der Waals surface area contributed by atoms with Crippen LogP contribution in [0.3, 0.4) is 0 Å². The molecule has 0 unspecified atom stereocenters. The Hall–Kier alpha value is -2.93. The van der Waals surface area contributed by atoms with Crippen molar-refractivity contribution in [2.45, 2.75) is 32.2 Å². The maximum Gasteiger partial charge on any atom is 0.335 e. The van der Waals surface area contributed by atoms with Crippen LogP contribution in [0, 0.1) is 0 Å². The van der Waals surface area contributed by atoms with Gasteiger partial charge in [0.1, 0.15) is 6.54 Å². The first kappa shape index (κ1) is 19.4. The summed E-state index contributed by atoms with van der Waals surface area (Å²) in [6, 6.07) is 13.0. The van der Waals surface area contributed by atoms with Gasteiger partial charge in [-0.1, -0.05) is 24.6 Å². The number of likely N-dealkylation sites (tertiary alicyclic amines) is 1. The summed E-state index contributed by atoms with van der Waals surface area (Å²) in [6.45, 7) is 3.95. The van der Waals surface area contributed by atoms with Gasteiger partial charge in [-0.25, -0.2) is 14.3 Å². The number of rotatable bonds is 7. The van der Waals surface area contributed by atoms with Crippen LogP contribution in [-0.2, 0) is 11.3 Å². The SMILES string of the molecule is O=C(Cn1c(=O)n(-c2ccccc2)c2ncccc21)NCCCN1CCCCC1. The Labute approximate surface area is 170 Å². The minimum atomic E-state index is -0.256. The fourth-order valence-corrected chi connectivity index (χ4v) is 3.96. The lowest BCUT2D eigenvalue weighted by molar-refractivity contribution is -0.121. The van der Waals surface area contributed by atoms with Crippen LogP contribution in [0.15, 0.2) is 53.5 Å². The number of piperidine rings is 1. The van der Waals surface area contributed by atoms with Gasteiger partial charge in [-0.2, -0.15) is 0 Å². The van der Waals surface area contributed by atoms with Crippen LogP contribution in [0.4, 0.5) is 0 Å². The molecule has 0 atom stereocenters. The average molecular weight is 393 g/mol. The second-order valence-electron chi connectivity index (χ2n) is 7.49. The fraction of sp³-hybridized carbons (Fsp3) is 0.409. The highest BCUT2D eigenvalue weighted by Crippen LogP contribution is 2.15. The van der Waals surface area contributed by atoms with Crippen LogP contribution >= 0.6 is 0 Å². The quantitative estimate of drug-likeness (QED) is 0.625. The van der Waals surface area contributed by atoms with Gasteiger partial charge in [0.2, 0.25) is 5.91 Å². The highest BCUT2D eigenvalue weighted by Gasteiger charge is 2.17. The molecular weight excluding hydrogens is 366 g/mol. The summed E-state index contributed by atoms with van der Waals surface area (Å²) in [7, 11) is 0. The minimum Gasteiger partial charge on any atom is -0.354 e. The van der Waals surface area contributed by atoms with Crippen molar-refractivity contribution >= 4 is 17.1 Å². The van der Waals surface area contributed by atoms with E-state index in [4.69, 9.17) is 0 Å². The molecule has 0 aliphatic carbocycles. The summed E-state index contributed by atoms with van der Waals surface area (Å²) in [5, 5.41) is 2.96. The predicted octanol–water partition coefficient (Wildman–Crippen LogP) is 2.18. The molecule has 4 rings (SSSR count). The number of aromatic nitrogens is 3. The van der Waals surface area contributed by atoms with Crippen molar-refractivity contribution in [1.82, 2.24) is 24.3 Å². The zero-order valence-electron chi connectivity index (χ0n) is 16.6. The van der Waals surface area contributed by atoms with E-state index in [0.717, 1.165) is 31.7 Å². The molecule has 1 aliphatic rings. The first-order valence-corrected chi connectivity index (χ1v) is 10.3. The van der Waals surface area contributed by atoms with Crippen molar-refractivity contribution in [2.75, 3.05) is 26.2 Å². The number of carbonyl (C=O) groups excluding carboxylic acids is 1. The van der Waals surface area contributed by atoms with Gasteiger partial charge >= 0.3 is 5.69 Å². The molecule has 2 aromatic heterocycles. The lowest BCUT2D eigenvalue weighted by Gasteiger charge is -2.26. The van der Waals surface area contributed by atoms with Gasteiger partial charge in [0.15, 0.2) is 5.65 Å². The Morgan fingerprint density at radius 2 is 1.83 bits per heavy atom. The van der Waals surface area contributed by atoms with Crippen LogP contribution in [0.25, 0.3) is 16.9 Å². The largest absolute Gasteiger partial charge is 0.354 e. The highest BCUT2D eigenvalue weighted by molar-refractivity contribution is 5.80. The Balaban J connectivity index is 1.44. The number of hydrogen-bond donors (Lipinski definition) is 1. The number of pyridine rings is 1. The zero-order valence-corrected chi connectivity index (χ0v) is 16.6. The molecule has 1 aliphatic heterocycles. The molecule has 0 spiro atoms. The molecule has 3 heterocycles. The third kappa shape index (κ3) is 4.40. The standard InChI is InChI=1S/C22H27N5O2/c28-20(23-13-8-16-25-14-5-2-6-15-25)17-26-19-11-7-12-24-21(19)27(22(26)29)18-9-3-1-4-10-18/h1,3-4,7,9-12H,2,5-6,8,13-17H2,(H,23,28). The molecule has 0 saturated carbocycles. The molecule has 1 fully saturated rings. The van der Waals surface area contributed by atoms with Gasteiger partial charge < -0.3 is 10.2 Å². The molecular formula is C22H27N5O2. The van der Waals surface area contributed by atoms with Crippen LogP contribution in [0.5, 0.6) is 0 Å². The first-order chi connectivity index (χ1) is 14.2. The average Bonchev–Trinajstić information content (AvgIpc) is 3.04. The van der Waals surface area contributed by atoms with Crippen molar-refractivity contribution in [3.8, 4) is 5.69 Å². The molecule has 7 heteroatoms. The number of nitrogens with zero attached hydrogens (tertiary/aromatic N) is 4. The van der Waals surface area contributed by atoms with Crippen molar-refractivity contribution in [3.63, 3.8) is 0 Å². The Kier molecular flexibility index (Phi) is 6.05. The van der Waals surface area contributed by atoms with Crippen molar-refractivity contribution in [2.24, 2.45) is 0 Å². The highest BCUT2D eigenvalue weighted by atomic mass is 16.2. The van der Waals surface area contributed by atoms with Crippen molar-refractivity contribution in [1.29, 1.82) is 0 Å². The molecule has 0 bridgehead atoms.